The minimum atomic E-state index is -0.144. The quantitative estimate of drug-likeness (QED) is 0.0606. The number of hydrogen-bond acceptors (Lipinski definition) is 11. The van der Waals surface area contributed by atoms with E-state index in [-0.39, 0.29) is 25.2 Å². The Morgan fingerprint density at radius 1 is 0.311 bits per heavy atom. The van der Waals surface area contributed by atoms with E-state index >= 15 is 0 Å². The average molecular weight is 651 g/mol. The third kappa shape index (κ3) is 38.8. The lowest BCUT2D eigenvalue weighted by Gasteiger charge is -2.09. The van der Waals surface area contributed by atoms with Gasteiger partial charge < -0.3 is 42.6 Å². The number of esters is 2. The molecule has 0 unspecified atom stereocenters. The van der Waals surface area contributed by atoms with Crippen LogP contribution in [0.2, 0.25) is 0 Å². The number of hydrogen-bond donors (Lipinski definition) is 0. The summed E-state index contributed by atoms with van der Waals surface area (Å²) in [5.74, 6) is -0.288. The third-order valence-electron chi connectivity index (χ3n) is 6.68. The standard InChI is InChI=1S/C34H66O11/c1-3-5-7-9-11-13-15-33(35)44-31-29-42-27-25-40-23-21-38-19-17-37-18-20-39-22-24-41-26-28-43-30-32-45-34(36)16-14-12-10-8-6-4-2/h3-32H2,1-2H3. The predicted molar refractivity (Wildman–Crippen MR) is 174 cm³/mol. The first-order valence-electron chi connectivity index (χ1n) is 17.6. The maximum atomic E-state index is 11.7. The maximum Gasteiger partial charge on any atom is 0.305 e. The Kier molecular flexibility index (Phi) is 37.7. The van der Waals surface area contributed by atoms with Gasteiger partial charge in [0.1, 0.15) is 13.2 Å². The van der Waals surface area contributed by atoms with Crippen LogP contribution in [0.15, 0.2) is 0 Å². The summed E-state index contributed by atoms with van der Waals surface area (Å²) in [7, 11) is 0. The topological polar surface area (TPSA) is 117 Å². The fourth-order valence-corrected chi connectivity index (χ4v) is 4.09. The van der Waals surface area contributed by atoms with E-state index in [1.165, 1.54) is 51.4 Å². The van der Waals surface area contributed by atoms with Gasteiger partial charge in [-0.1, -0.05) is 78.1 Å². The summed E-state index contributed by atoms with van der Waals surface area (Å²) < 4.78 is 48.5. The molecule has 0 saturated carbocycles. The third-order valence-corrected chi connectivity index (χ3v) is 6.68. The van der Waals surface area contributed by atoms with E-state index < -0.39 is 0 Å². The molecule has 11 nitrogen and oxygen atoms in total. The molecule has 0 radical (unpaired) electrons. The van der Waals surface area contributed by atoms with E-state index in [9.17, 15) is 9.59 Å². The molecule has 0 bridgehead atoms. The largest absolute Gasteiger partial charge is 0.463 e. The number of rotatable bonds is 38. The summed E-state index contributed by atoms with van der Waals surface area (Å²) in [5.41, 5.74) is 0. The van der Waals surface area contributed by atoms with E-state index in [1.807, 2.05) is 0 Å². The van der Waals surface area contributed by atoms with Gasteiger partial charge in [-0.05, 0) is 12.8 Å². The van der Waals surface area contributed by atoms with Gasteiger partial charge in [-0.25, -0.2) is 0 Å². The summed E-state index contributed by atoms with van der Waals surface area (Å²) in [5, 5.41) is 0. The van der Waals surface area contributed by atoms with Crippen molar-refractivity contribution >= 4 is 11.9 Å². The Morgan fingerprint density at radius 3 is 0.800 bits per heavy atom. The summed E-state index contributed by atoms with van der Waals surface area (Å²) in [6.45, 7) is 11.5. The highest BCUT2D eigenvalue weighted by molar-refractivity contribution is 5.69. The molecule has 0 aromatic rings. The lowest BCUT2D eigenvalue weighted by atomic mass is 10.1. The van der Waals surface area contributed by atoms with Crippen LogP contribution in [0, 0.1) is 0 Å². The number of ether oxygens (including phenoxy) is 9. The molecule has 0 aliphatic heterocycles. The fourth-order valence-electron chi connectivity index (χ4n) is 4.09. The van der Waals surface area contributed by atoms with Gasteiger partial charge >= 0.3 is 11.9 Å². The highest BCUT2D eigenvalue weighted by atomic mass is 16.6. The van der Waals surface area contributed by atoms with Crippen molar-refractivity contribution in [3.63, 3.8) is 0 Å². The van der Waals surface area contributed by atoms with Gasteiger partial charge in [-0.3, -0.25) is 9.59 Å². The van der Waals surface area contributed by atoms with Crippen LogP contribution in [0.1, 0.15) is 104 Å². The molecule has 0 aromatic heterocycles. The van der Waals surface area contributed by atoms with Crippen LogP contribution < -0.4 is 0 Å². The van der Waals surface area contributed by atoms with Crippen molar-refractivity contribution in [2.45, 2.75) is 104 Å². The van der Waals surface area contributed by atoms with Crippen LogP contribution in [-0.4, -0.2) is 118 Å². The van der Waals surface area contributed by atoms with Crippen molar-refractivity contribution in [1.82, 2.24) is 0 Å². The van der Waals surface area contributed by atoms with Gasteiger partial charge in [-0.2, -0.15) is 0 Å². The molecular formula is C34H66O11. The fraction of sp³-hybridized carbons (Fsp3) is 0.941. The van der Waals surface area contributed by atoms with E-state index in [1.54, 1.807) is 0 Å². The van der Waals surface area contributed by atoms with Gasteiger partial charge in [0.2, 0.25) is 0 Å². The minimum absolute atomic E-state index is 0.144. The monoisotopic (exact) mass is 650 g/mol. The van der Waals surface area contributed by atoms with Gasteiger partial charge in [-0.15, -0.1) is 0 Å². The number of carbonyl (C=O) groups excluding carboxylic acids is 2. The van der Waals surface area contributed by atoms with Crippen molar-refractivity contribution in [3.8, 4) is 0 Å². The van der Waals surface area contributed by atoms with E-state index in [0.717, 1.165) is 25.7 Å². The molecule has 268 valence electrons. The Hall–Kier alpha value is -1.34. The Bertz CT molecular complexity index is 557. The lowest BCUT2D eigenvalue weighted by Crippen LogP contribution is -2.15. The van der Waals surface area contributed by atoms with Gasteiger partial charge in [0.25, 0.3) is 0 Å². The second kappa shape index (κ2) is 38.8. The molecule has 0 amide bonds. The molecule has 0 aliphatic carbocycles. The van der Waals surface area contributed by atoms with E-state index in [0.29, 0.717) is 105 Å². The van der Waals surface area contributed by atoms with Crippen molar-refractivity contribution in [2.24, 2.45) is 0 Å². The zero-order valence-corrected chi connectivity index (χ0v) is 28.7. The molecule has 0 fully saturated rings. The first kappa shape index (κ1) is 43.7. The van der Waals surface area contributed by atoms with Crippen LogP contribution in [0.3, 0.4) is 0 Å². The molecule has 0 aromatic carbocycles. The van der Waals surface area contributed by atoms with Crippen LogP contribution in [0.5, 0.6) is 0 Å². The van der Waals surface area contributed by atoms with Gasteiger partial charge in [0, 0.05) is 12.8 Å². The van der Waals surface area contributed by atoms with Crippen LogP contribution in [0.25, 0.3) is 0 Å². The van der Waals surface area contributed by atoms with E-state index in [2.05, 4.69) is 13.8 Å². The molecule has 0 aliphatic rings. The second-order valence-electron chi connectivity index (χ2n) is 10.8. The van der Waals surface area contributed by atoms with Crippen LogP contribution >= 0.6 is 0 Å². The Morgan fingerprint density at radius 2 is 0.533 bits per heavy atom. The summed E-state index contributed by atoms with van der Waals surface area (Å²) >= 11 is 0. The number of unbranched alkanes of at least 4 members (excludes halogenated alkanes) is 10. The zero-order valence-electron chi connectivity index (χ0n) is 28.7. The highest BCUT2D eigenvalue weighted by Gasteiger charge is 2.04. The van der Waals surface area contributed by atoms with Crippen molar-refractivity contribution in [2.75, 3.05) is 106 Å². The molecule has 0 heterocycles. The van der Waals surface area contributed by atoms with Crippen molar-refractivity contribution < 1.29 is 52.2 Å². The molecule has 11 heteroatoms. The summed E-state index contributed by atoms with van der Waals surface area (Å²) in [4.78, 5) is 23.3. The normalized spacial score (nSPS) is 11.2. The molecule has 0 atom stereocenters. The first-order chi connectivity index (χ1) is 22.2. The number of carbonyl (C=O) groups is 2. The molecule has 45 heavy (non-hydrogen) atoms. The van der Waals surface area contributed by atoms with Crippen molar-refractivity contribution in [1.29, 1.82) is 0 Å². The first-order valence-corrected chi connectivity index (χ1v) is 17.6. The minimum Gasteiger partial charge on any atom is -0.463 e. The second-order valence-corrected chi connectivity index (χ2v) is 10.8. The van der Waals surface area contributed by atoms with Crippen molar-refractivity contribution in [3.05, 3.63) is 0 Å². The molecular weight excluding hydrogens is 584 g/mol. The molecule has 0 N–H and O–H groups in total. The van der Waals surface area contributed by atoms with Crippen LogP contribution in [0.4, 0.5) is 0 Å². The van der Waals surface area contributed by atoms with Crippen LogP contribution in [-0.2, 0) is 52.2 Å². The smallest absolute Gasteiger partial charge is 0.305 e. The maximum absolute atomic E-state index is 11.7. The molecule has 0 spiro atoms. The summed E-state index contributed by atoms with van der Waals surface area (Å²) in [6, 6.07) is 0. The van der Waals surface area contributed by atoms with Gasteiger partial charge in [0.15, 0.2) is 0 Å². The summed E-state index contributed by atoms with van der Waals surface area (Å²) in [6.07, 6.45) is 14.8. The molecule has 0 rings (SSSR count). The molecule has 0 saturated heterocycles. The predicted octanol–water partition coefficient (Wildman–Crippen LogP) is 5.69. The zero-order chi connectivity index (χ0) is 32.7. The Balaban J connectivity index is 3.15. The highest BCUT2D eigenvalue weighted by Crippen LogP contribution is 2.08. The van der Waals surface area contributed by atoms with E-state index in [4.69, 9.17) is 42.6 Å². The Labute approximate surface area is 273 Å². The van der Waals surface area contributed by atoms with Gasteiger partial charge in [0.05, 0.1) is 92.5 Å². The SMILES string of the molecule is CCCCCCCCC(=O)OCCOCCOCCOCCOCCOCCOCCOCCOC(=O)CCCCCCCC. The lowest BCUT2D eigenvalue weighted by molar-refractivity contribution is -0.146. The average Bonchev–Trinajstić information content (AvgIpc) is 3.04.